The Bertz CT molecular complexity index is 540. The third kappa shape index (κ3) is 2.84. The summed E-state index contributed by atoms with van der Waals surface area (Å²) >= 11 is 0. The molecule has 1 atom stereocenters. The minimum atomic E-state index is -0.848. The van der Waals surface area contributed by atoms with Gasteiger partial charge in [0, 0.05) is 18.6 Å². The Morgan fingerprint density at radius 1 is 1.50 bits per heavy atom. The Morgan fingerprint density at radius 3 is 2.83 bits per heavy atom. The van der Waals surface area contributed by atoms with E-state index >= 15 is 0 Å². The molecule has 0 saturated carbocycles. The number of hydrogen-bond donors (Lipinski definition) is 1. The van der Waals surface area contributed by atoms with Gasteiger partial charge in [0.05, 0.1) is 6.10 Å². The largest absolute Gasteiger partial charge is 0.485 e. The molecule has 6 heteroatoms. The first-order valence-corrected chi connectivity index (χ1v) is 5.46. The SMILES string of the molecule is Cc1nc(COc2ccc([C@@H](C)O)c(F)c2)no1. The highest BCUT2D eigenvalue weighted by Gasteiger charge is 2.10. The number of hydrogen-bond acceptors (Lipinski definition) is 5. The third-order valence-electron chi connectivity index (χ3n) is 2.36. The number of aromatic nitrogens is 2. The summed E-state index contributed by atoms with van der Waals surface area (Å²) in [5.41, 5.74) is 0.234. The van der Waals surface area contributed by atoms with Crippen LogP contribution >= 0.6 is 0 Å². The Hall–Kier alpha value is -1.95. The molecule has 0 amide bonds. The van der Waals surface area contributed by atoms with Crippen molar-refractivity contribution >= 4 is 0 Å². The zero-order chi connectivity index (χ0) is 13.1. The molecular formula is C12H13FN2O3. The monoisotopic (exact) mass is 252 g/mol. The van der Waals surface area contributed by atoms with Gasteiger partial charge in [-0.15, -0.1) is 0 Å². The second-order valence-electron chi connectivity index (χ2n) is 3.88. The quantitative estimate of drug-likeness (QED) is 0.902. The van der Waals surface area contributed by atoms with Crippen LogP contribution in [0.25, 0.3) is 0 Å². The van der Waals surface area contributed by atoms with E-state index in [4.69, 9.17) is 9.26 Å². The van der Waals surface area contributed by atoms with Crippen LogP contribution in [0, 0.1) is 12.7 Å². The van der Waals surface area contributed by atoms with Crippen molar-refractivity contribution in [3.8, 4) is 5.75 Å². The molecule has 0 radical (unpaired) electrons. The first-order valence-electron chi connectivity index (χ1n) is 5.46. The van der Waals surface area contributed by atoms with Crippen molar-refractivity contribution in [2.45, 2.75) is 26.6 Å². The lowest BCUT2D eigenvalue weighted by Crippen LogP contribution is -2.00. The molecule has 1 aromatic heterocycles. The minimum absolute atomic E-state index is 0.102. The lowest BCUT2D eigenvalue weighted by atomic mass is 10.1. The maximum absolute atomic E-state index is 13.5. The van der Waals surface area contributed by atoms with Gasteiger partial charge in [-0.25, -0.2) is 4.39 Å². The molecule has 0 saturated heterocycles. The van der Waals surface area contributed by atoms with E-state index in [9.17, 15) is 9.50 Å². The fourth-order valence-electron chi connectivity index (χ4n) is 1.48. The number of benzene rings is 1. The lowest BCUT2D eigenvalue weighted by molar-refractivity contribution is 0.193. The average molecular weight is 252 g/mol. The van der Waals surface area contributed by atoms with Gasteiger partial charge >= 0.3 is 0 Å². The van der Waals surface area contributed by atoms with E-state index in [2.05, 4.69) is 10.1 Å². The normalized spacial score (nSPS) is 12.4. The van der Waals surface area contributed by atoms with Crippen molar-refractivity contribution in [1.82, 2.24) is 10.1 Å². The van der Waals surface area contributed by atoms with Gasteiger partial charge in [-0.05, 0) is 19.1 Å². The average Bonchev–Trinajstić information content (AvgIpc) is 2.72. The summed E-state index contributed by atoms with van der Waals surface area (Å²) < 4.78 is 23.6. The zero-order valence-corrected chi connectivity index (χ0v) is 10.1. The van der Waals surface area contributed by atoms with Crippen LogP contribution in [0.2, 0.25) is 0 Å². The fourth-order valence-corrected chi connectivity index (χ4v) is 1.48. The molecule has 0 unspecified atom stereocenters. The first-order chi connectivity index (χ1) is 8.56. The second kappa shape index (κ2) is 5.14. The Kier molecular flexibility index (Phi) is 3.57. The molecule has 2 rings (SSSR count). The minimum Gasteiger partial charge on any atom is -0.485 e. The van der Waals surface area contributed by atoms with Crippen LogP contribution in [0.4, 0.5) is 4.39 Å². The summed E-state index contributed by atoms with van der Waals surface area (Å²) in [6.07, 6.45) is -0.848. The fraction of sp³-hybridized carbons (Fsp3) is 0.333. The van der Waals surface area contributed by atoms with E-state index in [1.165, 1.54) is 19.1 Å². The van der Waals surface area contributed by atoms with Crippen LogP contribution < -0.4 is 4.74 Å². The van der Waals surface area contributed by atoms with Gasteiger partial charge in [-0.1, -0.05) is 5.16 Å². The molecule has 1 aromatic carbocycles. The summed E-state index contributed by atoms with van der Waals surface area (Å²) in [6.45, 7) is 3.28. The van der Waals surface area contributed by atoms with Crippen LogP contribution in [-0.2, 0) is 6.61 Å². The van der Waals surface area contributed by atoms with Crippen molar-refractivity contribution < 1.29 is 18.8 Å². The molecule has 0 aliphatic carbocycles. The van der Waals surface area contributed by atoms with Gasteiger partial charge in [0.15, 0.2) is 6.61 Å². The van der Waals surface area contributed by atoms with Crippen LogP contribution in [0.3, 0.4) is 0 Å². The van der Waals surface area contributed by atoms with Crippen LogP contribution in [0.1, 0.15) is 30.3 Å². The number of nitrogens with zero attached hydrogens (tertiary/aromatic N) is 2. The first kappa shape index (κ1) is 12.5. The standard InChI is InChI=1S/C12H13FN2O3/c1-7(16)10-4-3-9(5-11(10)13)17-6-12-14-8(2)18-15-12/h3-5,7,16H,6H2,1-2H3/t7-/m1/s1. The van der Waals surface area contributed by atoms with E-state index in [0.717, 1.165) is 0 Å². The van der Waals surface area contributed by atoms with E-state index in [1.54, 1.807) is 13.0 Å². The highest BCUT2D eigenvalue weighted by atomic mass is 19.1. The van der Waals surface area contributed by atoms with Gasteiger partial charge in [0.1, 0.15) is 11.6 Å². The van der Waals surface area contributed by atoms with E-state index in [1.807, 2.05) is 0 Å². The number of halogens is 1. The molecule has 0 fully saturated rings. The lowest BCUT2D eigenvalue weighted by Gasteiger charge is -2.08. The van der Waals surface area contributed by atoms with Gasteiger partial charge < -0.3 is 14.4 Å². The Morgan fingerprint density at radius 2 is 2.28 bits per heavy atom. The number of rotatable bonds is 4. The van der Waals surface area contributed by atoms with Crippen molar-refractivity contribution in [2.75, 3.05) is 0 Å². The van der Waals surface area contributed by atoms with Crippen LogP contribution in [0.5, 0.6) is 5.75 Å². The number of ether oxygens (including phenoxy) is 1. The maximum atomic E-state index is 13.5. The topological polar surface area (TPSA) is 68.4 Å². The van der Waals surface area contributed by atoms with E-state index < -0.39 is 11.9 Å². The number of aliphatic hydroxyl groups is 1. The van der Waals surface area contributed by atoms with Crippen molar-refractivity contribution in [3.63, 3.8) is 0 Å². The van der Waals surface area contributed by atoms with Crippen LogP contribution in [-0.4, -0.2) is 15.2 Å². The second-order valence-corrected chi connectivity index (χ2v) is 3.88. The highest BCUT2D eigenvalue weighted by Crippen LogP contribution is 2.22. The molecule has 18 heavy (non-hydrogen) atoms. The predicted molar refractivity (Wildman–Crippen MR) is 60.4 cm³/mol. The molecule has 0 aliphatic heterocycles. The summed E-state index contributed by atoms with van der Waals surface area (Å²) in [5.74, 6) is 0.683. The molecule has 1 N–H and O–H groups in total. The Labute approximate surface area is 103 Å². The van der Waals surface area contributed by atoms with Gasteiger partial charge in [-0.3, -0.25) is 0 Å². The van der Waals surface area contributed by atoms with Crippen molar-refractivity contribution in [3.05, 3.63) is 41.3 Å². The summed E-state index contributed by atoms with van der Waals surface area (Å²) in [6, 6.07) is 4.28. The van der Waals surface area contributed by atoms with E-state index in [-0.39, 0.29) is 12.2 Å². The highest BCUT2D eigenvalue weighted by molar-refractivity contribution is 5.30. The summed E-state index contributed by atoms with van der Waals surface area (Å²) in [4.78, 5) is 3.96. The predicted octanol–water partition coefficient (Wildman–Crippen LogP) is 2.15. The molecule has 0 aliphatic rings. The van der Waals surface area contributed by atoms with Crippen molar-refractivity contribution in [1.29, 1.82) is 0 Å². The maximum Gasteiger partial charge on any atom is 0.223 e. The molecule has 2 aromatic rings. The van der Waals surface area contributed by atoms with E-state index in [0.29, 0.717) is 17.5 Å². The molecule has 0 spiro atoms. The smallest absolute Gasteiger partial charge is 0.223 e. The third-order valence-corrected chi connectivity index (χ3v) is 2.36. The van der Waals surface area contributed by atoms with Gasteiger partial charge in [-0.2, -0.15) is 4.98 Å². The Balaban J connectivity index is 2.04. The molecule has 5 nitrogen and oxygen atoms in total. The van der Waals surface area contributed by atoms with Gasteiger partial charge in [0.25, 0.3) is 0 Å². The van der Waals surface area contributed by atoms with Crippen LogP contribution in [0.15, 0.2) is 22.7 Å². The molecule has 0 bridgehead atoms. The summed E-state index contributed by atoms with van der Waals surface area (Å²) in [5, 5.41) is 12.9. The summed E-state index contributed by atoms with van der Waals surface area (Å²) in [7, 11) is 0. The molecular weight excluding hydrogens is 239 g/mol. The van der Waals surface area contributed by atoms with Crippen molar-refractivity contribution in [2.24, 2.45) is 0 Å². The number of aliphatic hydroxyl groups excluding tert-OH is 1. The molecule has 96 valence electrons. The molecule has 1 heterocycles. The van der Waals surface area contributed by atoms with Gasteiger partial charge in [0.2, 0.25) is 11.7 Å². The number of aryl methyl sites for hydroxylation is 1. The zero-order valence-electron chi connectivity index (χ0n) is 10.1.